The highest BCUT2D eigenvalue weighted by Crippen LogP contribution is 2.28. The van der Waals surface area contributed by atoms with Gasteiger partial charge >= 0.3 is 6.18 Å². The molecule has 3 nitrogen and oxygen atoms in total. The minimum absolute atomic E-state index is 0.322. The van der Waals surface area contributed by atoms with E-state index in [1.54, 1.807) is 0 Å². The van der Waals surface area contributed by atoms with Crippen molar-refractivity contribution >= 4 is 0 Å². The van der Waals surface area contributed by atoms with E-state index in [1.807, 2.05) is 20.8 Å². The van der Waals surface area contributed by atoms with Gasteiger partial charge in [0.25, 0.3) is 0 Å². The summed E-state index contributed by atoms with van der Waals surface area (Å²) in [5, 5.41) is 15.4. The Morgan fingerprint density at radius 3 is 2.38 bits per heavy atom. The molecule has 1 aromatic rings. The van der Waals surface area contributed by atoms with Gasteiger partial charge in [0.05, 0.1) is 6.20 Å². The predicted octanol–water partition coefficient (Wildman–Crippen LogP) is 2.17. The summed E-state index contributed by atoms with van der Waals surface area (Å²) < 4.78 is 36.6. The van der Waals surface area contributed by atoms with E-state index in [1.165, 1.54) is 6.20 Å². The summed E-state index contributed by atoms with van der Waals surface area (Å²) >= 11 is 0. The van der Waals surface area contributed by atoms with Crippen LogP contribution in [0.25, 0.3) is 0 Å². The summed E-state index contributed by atoms with van der Waals surface area (Å²) in [6, 6.07) is 0. The van der Waals surface area contributed by atoms with Crippen molar-refractivity contribution in [2.45, 2.75) is 44.9 Å². The molecule has 16 heavy (non-hydrogen) atoms. The molecule has 1 atom stereocenters. The third-order valence-electron chi connectivity index (χ3n) is 2.26. The first-order valence-corrected chi connectivity index (χ1v) is 4.90. The topological polar surface area (TPSA) is 48.9 Å². The summed E-state index contributed by atoms with van der Waals surface area (Å²) in [6.45, 7) is 5.60. The maximum atomic E-state index is 12.2. The number of halogens is 3. The number of nitrogens with one attached hydrogen (secondary N) is 1. The van der Waals surface area contributed by atoms with Crippen LogP contribution < -0.4 is 0 Å². The van der Waals surface area contributed by atoms with Crippen molar-refractivity contribution in [2.24, 2.45) is 0 Å². The van der Waals surface area contributed by atoms with E-state index in [9.17, 15) is 13.2 Å². The summed E-state index contributed by atoms with van der Waals surface area (Å²) in [5.74, 6) is 0. The molecule has 0 fully saturated rings. The Morgan fingerprint density at radius 2 is 1.94 bits per heavy atom. The Balaban J connectivity index is 2.87. The molecule has 1 rings (SSSR count). The molecule has 0 bridgehead atoms. The first kappa shape index (κ1) is 13.0. The fourth-order valence-electron chi connectivity index (χ4n) is 1.44. The van der Waals surface area contributed by atoms with Gasteiger partial charge < -0.3 is 5.11 Å². The van der Waals surface area contributed by atoms with Crippen LogP contribution in [0.5, 0.6) is 0 Å². The maximum absolute atomic E-state index is 12.2. The molecule has 0 saturated carbocycles. The van der Waals surface area contributed by atoms with Crippen molar-refractivity contribution < 1.29 is 18.3 Å². The average Bonchev–Trinajstić information content (AvgIpc) is 2.49. The summed E-state index contributed by atoms with van der Waals surface area (Å²) in [6.07, 6.45) is -6.07. The number of hydrogen-bond acceptors (Lipinski definition) is 2. The van der Waals surface area contributed by atoms with Crippen molar-refractivity contribution in [3.05, 3.63) is 17.5 Å². The van der Waals surface area contributed by atoms with Gasteiger partial charge in [-0.05, 0) is 5.56 Å². The lowest BCUT2D eigenvalue weighted by Gasteiger charge is -2.20. The minimum Gasteiger partial charge on any atom is -0.383 e. The zero-order chi connectivity index (χ0) is 12.6. The highest BCUT2D eigenvalue weighted by atomic mass is 19.4. The van der Waals surface area contributed by atoms with Crippen LogP contribution >= 0.6 is 0 Å². The predicted molar refractivity (Wildman–Crippen MR) is 53.1 cm³/mol. The number of rotatable bonds is 2. The van der Waals surface area contributed by atoms with Crippen molar-refractivity contribution in [1.29, 1.82) is 0 Å². The van der Waals surface area contributed by atoms with E-state index in [2.05, 4.69) is 10.2 Å². The molecule has 0 aliphatic rings. The number of H-pyrrole nitrogens is 1. The summed E-state index contributed by atoms with van der Waals surface area (Å²) in [7, 11) is 0. The fraction of sp³-hybridized carbons (Fsp3) is 0.700. The third kappa shape index (κ3) is 2.98. The van der Waals surface area contributed by atoms with E-state index in [-0.39, 0.29) is 5.41 Å². The fourth-order valence-corrected chi connectivity index (χ4v) is 1.44. The first-order chi connectivity index (χ1) is 7.12. The molecular formula is C10H15F3N2O. The highest BCUT2D eigenvalue weighted by molar-refractivity contribution is 5.24. The Bertz CT molecular complexity index is 352. The van der Waals surface area contributed by atoms with Gasteiger partial charge in [-0.1, -0.05) is 20.8 Å². The van der Waals surface area contributed by atoms with Gasteiger partial charge in [-0.3, -0.25) is 5.10 Å². The number of hydrogen-bond donors (Lipinski definition) is 2. The van der Waals surface area contributed by atoms with E-state index in [0.29, 0.717) is 11.3 Å². The molecule has 2 N–H and O–H groups in total. The molecular weight excluding hydrogens is 221 g/mol. The number of aromatic nitrogens is 2. The van der Waals surface area contributed by atoms with Gasteiger partial charge in [0.15, 0.2) is 6.10 Å². The molecule has 0 spiro atoms. The molecule has 1 aromatic heterocycles. The maximum Gasteiger partial charge on any atom is 0.414 e. The van der Waals surface area contributed by atoms with Crippen LogP contribution in [0.2, 0.25) is 0 Å². The van der Waals surface area contributed by atoms with E-state index < -0.39 is 18.7 Å². The molecule has 0 aromatic carbocycles. The average molecular weight is 236 g/mol. The minimum atomic E-state index is -4.59. The molecule has 1 unspecified atom stereocenters. The second-order valence-corrected chi connectivity index (χ2v) is 4.78. The van der Waals surface area contributed by atoms with Gasteiger partial charge in [0, 0.05) is 17.5 Å². The third-order valence-corrected chi connectivity index (χ3v) is 2.26. The Hall–Kier alpha value is -1.04. The lowest BCUT2D eigenvalue weighted by Crippen LogP contribution is -2.31. The first-order valence-electron chi connectivity index (χ1n) is 4.90. The van der Waals surface area contributed by atoms with Crippen molar-refractivity contribution in [2.75, 3.05) is 0 Å². The van der Waals surface area contributed by atoms with E-state index >= 15 is 0 Å². The largest absolute Gasteiger partial charge is 0.414 e. The molecule has 0 radical (unpaired) electrons. The number of aromatic amines is 1. The van der Waals surface area contributed by atoms with Crippen molar-refractivity contribution in [3.63, 3.8) is 0 Å². The Labute approximate surface area is 91.7 Å². The van der Waals surface area contributed by atoms with Crippen molar-refractivity contribution in [1.82, 2.24) is 10.2 Å². The summed E-state index contributed by atoms with van der Waals surface area (Å²) in [5.41, 5.74) is 0.699. The van der Waals surface area contributed by atoms with Crippen LogP contribution in [-0.2, 0) is 11.8 Å². The number of aliphatic hydroxyl groups excluding tert-OH is 1. The van der Waals surface area contributed by atoms with Crippen LogP contribution in [0.1, 0.15) is 32.0 Å². The van der Waals surface area contributed by atoms with E-state index in [4.69, 9.17) is 5.11 Å². The molecule has 0 aliphatic carbocycles. The molecule has 6 heteroatoms. The van der Waals surface area contributed by atoms with Crippen LogP contribution in [-0.4, -0.2) is 27.6 Å². The zero-order valence-corrected chi connectivity index (χ0v) is 9.39. The second kappa shape index (κ2) is 4.08. The Morgan fingerprint density at radius 1 is 1.38 bits per heavy atom. The van der Waals surface area contributed by atoms with Gasteiger partial charge in [-0.2, -0.15) is 18.3 Å². The molecule has 1 heterocycles. The number of nitrogens with zero attached hydrogens (tertiary/aromatic N) is 1. The SMILES string of the molecule is CC(C)(C)c1[nH]ncc1CC(O)C(F)(F)F. The zero-order valence-electron chi connectivity index (χ0n) is 9.39. The van der Waals surface area contributed by atoms with Gasteiger partial charge in [-0.15, -0.1) is 0 Å². The lowest BCUT2D eigenvalue weighted by molar-refractivity contribution is -0.203. The quantitative estimate of drug-likeness (QED) is 0.826. The Kier molecular flexibility index (Phi) is 3.33. The number of alkyl halides is 3. The highest BCUT2D eigenvalue weighted by Gasteiger charge is 2.39. The monoisotopic (exact) mass is 236 g/mol. The second-order valence-electron chi connectivity index (χ2n) is 4.78. The van der Waals surface area contributed by atoms with E-state index in [0.717, 1.165) is 0 Å². The number of aliphatic hydroxyl groups is 1. The molecule has 0 saturated heterocycles. The lowest BCUT2D eigenvalue weighted by atomic mass is 9.88. The standard InChI is InChI=1S/C10H15F3N2O/c1-9(2,3)8-6(5-14-15-8)4-7(16)10(11,12)13/h5,7,16H,4H2,1-3H3,(H,14,15). The van der Waals surface area contributed by atoms with Crippen LogP contribution in [0.15, 0.2) is 6.20 Å². The molecule has 0 aliphatic heterocycles. The van der Waals surface area contributed by atoms with Crippen molar-refractivity contribution in [3.8, 4) is 0 Å². The normalized spacial score (nSPS) is 15.2. The van der Waals surface area contributed by atoms with Crippen LogP contribution in [0.4, 0.5) is 13.2 Å². The van der Waals surface area contributed by atoms with Gasteiger partial charge in [-0.25, -0.2) is 0 Å². The van der Waals surface area contributed by atoms with Gasteiger partial charge in [0.2, 0.25) is 0 Å². The van der Waals surface area contributed by atoms with Crippen LogP contribution in [0.3, 0.4) is 0 Å². The smallest absolute Gasteiger partial charge is 0.383 e. The summed E-state index contributed by atoms with van der Waals surface area (Å²) in [4.78, 5) is 0. The molecule has 0 amide bonds. The molecule has 92 valence electrons. The van der Waals surface area contributed by atoms with Crippen LogP contribution in [0, 0.1) is 0 Å². The van der Waals surface area contributed by atoms with Gasteiger partial charge in [0.1, 0.15) is 0 Å².